The molecule has 1 saturated heterocycles. The lowest BCUT2D eigenvalue weighted by Crippen LogP contribution is -2.44. The van der Waals surface area contributed by atoms with Crippen LogP contribution in [0.3, 0.4) is 0 Å². The zero-order valence-corrected chi connectivity index (χ0v) is 18.4. The molecule has 11 nitrogen and oxygen atoms in total. The second-order valence-corrected chi connectivity index (χ2v) is 8.23. The van der Waals surface area contributed by atoms with Crippen LogP contribution in [0.4, 0.5) is 11.4 Å². The average Bonchev–Trinajstić information content (AvgIpc) is 3.47. The standard InChI is InChI=1S/C20H22N6O5S/c1-11(27)21-12-3-5-13(6-4-12)22-17(28)9-15-18(29)26(14-7-8-14)20(32)25(15)10-16-19(30)31-23-24(16)2/h3-6,14-15,23,30H,7-10H2,1-2H3/p+1. The van der Waals surface area contributed by atoms with Crippen LogP contribution in [0.1, 0.15) is 31.9 Å². The Morgan fingerprint density at radius 3 is 2.34 bits per heavy atom. The number of carbonyl (C=O) groups excluding carboxylic acids is 3. The van der Waals surface area contributed by atoms with Crippen LogP contribution in [0.15, 0.2) is 33.6 Å². The lowest BCUT2D eigenvalue weighted by Gasteiger charge is -2.21. The zero-order valence-electron chi connectivity index (χ0n) is 17.6. The fourth-order valence-corrected chi connectivity index (χ4v) is 4.06. The topological polar surface area (TPSA) is 132 Å². The van der Waals surface area contributed by atoms with E-state index in [1.54, 1.807) is 41.1 Å². The Kier molecular flexibility index (Phi) is 5.78. The smallest absolute Gasteiger partial charge is 0.326 e. The molecule has 2 aromatic rings. The number of hydrogen-bond donors (Lipinski definition) is 3. The van der Waals surface area contributed by atoms with E-state index >= 15 is 0 Å². The normalized spacial score (nSPS) is 18.2. The third-order valence-corrected chi connectivity index (χ3v) is 5.80. The number of carbonyl (C=O) groups is 3. The van der Waals surface area contributed by atoms with Gasteiger partial charge in [0.2, 0.25) is 11.8 Å². The van der Waals surface area contributed by atoms with Crippen molar-refractivity contribution in [1.29, 1.82) is 0 Å². The number of nitrogens with zero attached hydrogens (tertiary/aromatic N) is 3. The molecule has 4 rings (SSSR count). The highest BCUT2D eigenvalue weighted by molar-refractivity contribution is 7.80. The van der Waals surface area contributed by atoms with E-state index in [0.29, 0.717) is 16.5 Å². The van der Waals surface area contributed by atoms with Gasteiger partial charge in [-0.1, -0.05) is 4.68 Å². The van der Waals surface area contributed by atoms with Gasteiger partial charge in [-0.2, -0.15) is 0 Å². The molecule has 1 unspecified atom stereocenters. The first-order valence-electron chi connectivity index (χ1n) is 10.1. The second kappa shape index (κ2) is 8.54. The minimum atomic E-state index is -0.823. The van der Waals surface area contributed by atoms with Gasteiger partial charge in [-0.25, -0.2) is 4.79 Å². The van der Waals surface area contributed by atoms with Gasteiger partial charge in [-0.3, -0.25) is 23.8 Å². The van der Waals surface area contributed by atoms with Crippen LogP contribution < -0.4 is 20.9 Å². The molecule has 1 atom stereocenters. The first kappa shape index (κ1) is 21.7. The molecular weight excluding hydrogens is 436 g/mol. The fourth-order valence-electron chi connectivity index (χ4n) is 3.62. The molecule has 1 aromatic carbocycles. The molecule has 12 heteroatoms. The van der Waals surface area contributed by atoms with Crippen LogP contribution in [0, 0.1) is 0 Å². The number of H-pyrrole nitrogens is 1. The summed E-state index contributed by atoms with van der Waals surface area (Å²) in [5.41, 5.74) is 0.864. The quantitative estimate of drug-likeness (QED) is 0.399. The number of aromatic nitrogens is 2. The van der Waals surface area contributed by atoms with Gasteiger partial charge >= 0.3 is 11.3 Å². The maximum Gasteiger partial charge on any atom is 0.431 e. The number of rotatable bonds is 7. The maximum atomic E-state index is 13.1. The van der Waals surface area contributed by atoms with Crippen LogP contribution in [-0.2, 0) is 28.0 Å². The zero-order chi connectivity index (χ0) is 23.0. The van der Waals surface area contributed by atoms with E-state index in [4.69, 9.17) is 16.7 Å². The number of hydrogen-bond acceptors (Lipinski definition) is 6. The highest BCUT2D eigenvalue weighted by atomic mass is 32.1. The summed E-state index contributed by atoms with van der Waals surface area (Å²) in [7, 11) is 1.62. The summed E-state index contributed by atoms with van der Waals surface area (Å²) in [6.07, 6.45) is 1.59. The minimum Gasteiger partial charge on any atom is -0.326 e. The van der Waals surface area contributed by atoms with Gasteiger partial charge in [0.15, 0.2) is 12.2 Å². The number of benzene rings is 1. The summed E-state index contributed by atoms with van der Waals surface area (Å²) in [6, 6.07) is 5.87. The molecule has 0 radical (unpaired) electrons. The molecule has 3 amide bonds. The third-order valence-electron chi connectivity index (χ3n) is 5.37. The highest BCUT2D eigenvalue weighted by Gasteiger charge is 2.50. The maximum absolute atomic E-state index is 13.1. The van der Waals surface area contributed by atoms with Crippen LogP contribution in [0.2, 0.25) is 0 Å². The van der Waals surface area contributed by atoms with Crippen LogP contribution in [-0.4, -0.2) is 50.0 Å². The van der Waals surface area contributed by atoms with Crippen LogP contribution in [0.5, 0.6) is 0 Å². The monoisotopic (exact) mass is 459 g/mol. The lowest BCUT2D eigenvalue weighted by atomic mass is 10.1. The number of aromatic amines is 1. The van der Waals surface area contributed by atoms with E-state index in [1.165, 1.54) is 11.6 Å². The van der Waals surface area contributed by atoms with E-state index in [2.05, 4.69) is 15.9 Å². The van der Waals surface area contributed by atoms with Gasteiger partial charge in [0.1, 0.15) is 12.6 Å². The Morgan fingerprint density at radius 2 is 1.81 bits per heavy atom. The number of thiocarbonyl (C=S) groups is 1. The van der Waals surface area contributed by atoms with Gasteiger partial charge in [-0.15, -0.1) is 0 Å². The Bertz CT molecular complexity index is 1140. The van der Waals surface area contributed by atoms with Crippen molar-refractivity contribution >= 4 is 46.4 Å². The molecule has 1 aromatic heterocycles. The first-order valence-corrected chi connectivity index (χ1v) is 10.5. The molecule has 2 aliphatic rings. The molecule has 168 valence electrons. The minimum absolute atomic E-state index is 0.0412. The van der Waals surface area contributed by atoms with Gasteiger partial charge in [0.25, 0.3) is 5.91 Å². The lowest BCUT2D eigenvalue weighted by molar-refractivity contribution is -0.746. The van der Waals surface area contributed by atoms with Gasteiger partial charge in [0, 0.05) is 24.3 Å². The van der Waals surface area contributed by atoms with Crippen molar-refractivity contribution in [2.45, 2.75) is 44.8 Å². The van der Waals surface area contributed by atoms with Crippen LogP contribution >= 0.6 is 12.2 Å². The molecule has 2 fully saturated rings. The molecule has 1 aliphatic heterocycles. The molecule has 0 bridgehead atoms. The summed E-state index contributed by atoms with van der Waals surface area (Å²) in [6.45, 7) is 1.45. The summed E-state index contributed by atoms with van der Waals surface area (Å²) in [4.78, 5) is 52.2. The molecule has 1 saturated carbocycles. The van der Waals surface area contributed by atoms with E-state index in [1.807, 2.05) is 0 Å². The number of amides is 3. The Balaban J connectivity index is 1.49. The van der Waals surface area contributed by atoms with Crippen molar-refractivity contribution in [3.05, 3.63) is 40.4 Å². The highest BCUT2D eigenvalue weighted by Crippen LogP contribution is 2.34. The van der Waals surface area contributed by atoms with Crippen molar-refractivity contribution in [1.82, 2.24) is 15.1 Å². The molecule has 3 N–H and O–H groups in total. The van der Waals surface area contributed by atoms with Crippen molar-refractivity contribution < 1.29 is 23.6 Å². The number of anilines is 2. The van der Waals surface area contributed by atoms with Crippen molar-refractivity contribution in [2.24, 2.45) is 7.05 Å². The van der Waals surface area contributed by atoms with Crippen molar-refractivity contribution in [3.63, 3.8) is 0 Å². The van der Waals surface area contributed by atoms with Crippen LogP contribution in [0.25, 0.3) is 0 Å². The summed E-state index contributed by atoms with van der Waals surface area (Å²) < 4.78 is 6.21. The SMILES string of the molecule is CC(=O)Nc1ccc(NC(=O)CC2C(=O)N(C3CC3)C(=S)N2Cc2c(=O)o[nH][n+]2C)cc1. The van der Waals surface area contributed by atoms with E-state index in [0.717, 1.165) is 12.8 Å². The number of aryl methyl sites for hydroxylation is 1. The summed E-state index contributed by atoms with van der Waals surface area (Å²) in [5.74, 6) is -0.801. The molecule has 0 spiro atoms. The van der Waals surface area contributed by atoms with E-state index in [9.17, 15) is 19.2 Å². The second-order valence-electron chi connectivity index (χ2n) is 7.86. The Morgan fingerprint density at radius 1 is 1.19 bits per heavy atom. The molecule has 32 heavy (non-hydrogen) atoms. The van der Waals surface area contributed by atoms with Gasteiger partial charge < -0.3 is 15.5 Å². The third kappa shape index (κ3) is 4.40. The Hall–Kier alpha value is -3.54. The molecular formula is C20H23N6O5S+. The molecule has 2 heterocycles. The summed E-state index contributed by atoms with van der Waals surface area (Å²) >= 11 is 5.54. The van der Waals surface area contributed by atoms with E-state index < -0.39 is 11.7 Å². The van der Waals surface area contributed by atoms with Gasteiger partial charge in [-0.05, 0) is 54.6 Å². The largest absolute Gasteiger partial charge is 0.431 e. The Labute approximate surface area is 188 Å². The predicted molar refractivity (Wildman–Crippen MR) is 116 cm³/mol. The molecule has 1 aliphatic carbocycles. The first-order chi connectivity index (χ1) is 15.2. The predicted octanol–water partition coefficient (Wildman–Crippen LogP) is 0.240. The average molecular weight is 460 g/mol. The number of nitrogens with one attached hydrogen (secondary N) is 3. The van der Waals surface area contributed by atoms with Gasteiger partial charge in [0.05, 0.1) is 6.42 Å². The summed E-state index contributed by atoms with van der Waals surface area (Å²) in [5, 5.41) is 8.17. The fraction of sp³-hybridized carbons (Fsp3) is 0.400. The van der Waals surface area contributed by atoms with Crippen molar-refractivity contribution in [3.8, 4) is 0 Å². The van der Waals surface area contributed by atoms with E-state index in [-0.39, 0.29) is 42.4 Å². The van der Waals surface area contributed by atoms with Crippen molar-refractivity contribution in [2.75, 3.05) is 10.6 Å².